The molecule has 2 aromatic rings. The summed E-state index contributed by atoms with van der Waals surface area (Å²) in [5.74, 6) is -3.44. The summed E-state index contributed by atoms with van der Waals surface area (Å²) in [5.41, 5.74) is 3.99. The molecule has 1 saturated heterocycles. The highest BCUT2D eigenvalue weighted by atomic mass is 32.2. The molecule has 5 N–H and O–H groups in total. The van der Waals surface area contributed by atoms with E-state index in [9.17, 15) is 29.4 Å². The molecule has 0 spiro atoms. The summed E-state index contributed by atoms with van der Waals surface area (Å²) in [4.78, 5) is 68.1. The third-order valence-electron chi connectivity index (χ3n) is 5.31. The van der Waals surface area contributed by atoms with E-state index in [1.165, 1.54) is 43.6 Å². The van der Waals surface area contributed by atoms with Gasteiger partial charge in [0.25, 0.3) is 11.8 Å². The van der Waals surface area contributed by atoms with Gasteiger partial charge in [-0.25, -0.2) is 24.5 Å². The van der Waals surface area contributed by atoms with Crippen LogP contribution in [0.5, 0.6) is 0 Å². The predicted octanol–water partition coefficient (Wildman–Crippen LogP) is 0.630. The highest BCUT2D eigenvalue weighted by Crippen LogP contribution is 2.41. The number of hydrogen-bond donors (Lipinski definition) is 4. The van der Waals surface area contributed by atoms with Gasteiger partial charge < -0.3 is 26.1 Å². The van der Waals surface area contributed by atoms with Gasteiger partial charge in [-0.1, -0.05) is 28.3 Å². The van der Waals surface area contributed by atoms with Crippen LogP contribution in [0.2, 0.25) is 0 Å². The number of thioether (sulfide) groups is 2. The number of aliphatic carboxylic acids is 2. The lowest BCUT2D eigenvalue weighted by Gasteiger charge is -2.49. The standard InChI is InChI=1S/C21H21N7O7S3/c1-21(2,18(33)34)35-27-11(10-6-25-19(22)38-10)14(29)26-12-15(30)28-13(17(31)32)9(7-36-16(12)28)8-37-20-23-4-3-5-24-20/h3-6,12,16H,7-8H2,1-2H3,(H2,22,25)(H,26,29)(H,31,32)(H,33,34)/b27-11-. The number of nitrogen functional groups attached to an aromatic ring is 1. The highest BCUT2D eigenvalue weighted by Gasteiger charge is 2.54. The van der Waals surface area contributed by atoms with Crippen LogP contribution in [-0.4, -0.2) is 88.1 Å². The number of carboxylic acid groups (broad SMARTS) is 2. The van der Waals surface area contributed by atoms with Crippen molar-refractivity contribution < 1.29 is 34.2 Å². The Morgan fingerprint density at radius 3 is 2.61 bits per heavy atom. The number of carbonyl (C=O) groups excluding carboxylic acids is 2. The Morgan fingerprint density at radius 1 is 1.29 bits per heavy atom. The van der Waals surface area contributed by atoms with Gasteiger partial charge in [-0.2, -0.15) is 0 Å². The Labute approximate surface area is 227 Å². The number of rotatable bonds is 10. The third-order valence-corrected chi connectivity index (χ3v) is 8.44. The van der Waals surface area contributed by atoms with E-state index in [1.54, 1.807) is 18.5 Å². The predicted molar refractivity (Wildman–Crippen MR) is 138 cm³/mol. The summed E-state index contributed by atoms with van der Waals surface area (Å²) >= 11 is 3.47. The Hall–Kier alpha value is -3.70. The lowest BCUT2D eigenvalue weighted by molar-refractivity contribution is -0.161. The number of β-lactam (4-membered cyclic amide) rings is 1. The molecular weight excluding hydrogens is 558 g/mol. The Kier molecular flexibility index (Phi) is 7.89. The SMILES string of the molecule is CC(C)(O/N=C(\C(=O)NC1C(=O)N2C(C(=O)O)=C(CSc3ncccn3)CSC12)c1cnc(N)s1)C(=O)O. The van der Waals surface area contributed by atoms with E-state index in [2.05, 4.69) is 25.4 Å². The third kappa shape index (κ3) is 5.58. The second-order valence-electron chi connectivity index (χ2n) is 8.35. The van der Waals surface area contributed by atoms with Crippen LogP contribution in [0.4, 0.5) is 5.13 Å². The number of nitrogens with two attached hydrogens (primary N) is 1. The van der Waals surface area contributed by atoms with Crippen LogP contribution in [-0.2, 0) is 24.0 Å². The van der Waals surface area contributed by atoms with Gasteiger partial charge in [0.1, 0.15) is 17.1 Å². The molecule has 17 heteroatoms. The van der Waals surface area contributed by atoms with Crippen LogP contribution in [0.25, 0.3) is 0 Å². The second kappa shape index (κ2) is 11.0. The minimum Gasteiger partial charge on any atom is -0.478 e. The maximum Gasteiger partial charge on any atom is 0.352 e. The lowest BCUT2D eigenvalue weighted by atomic mass is 10.0. The van der Waals surface area contributed by atoms with E-state index in [0.717, 1.165) is 16.2 Å². The molecule has 0 aromatic carbocycles. The Balaban J connectivity index is 1.52. The molecule has 0 radical (unpaired) electrons. The maximum absolute atomic E-state index is 13.1. The molecule has 200 valence electrons. The topological polar surface area (TPSA) is 210 Å². The molecule has 2 aromatic heterocycles. The molecule has 2 atom stereocenters. The number of nitrogens with one attached hydrogen (secondary N) is 1. The average molecular weight is 580 g/mol. The number of amides is 2. The van der Waals surface area contributed by atoms with Gasteiger partial charge in [-0.05, 0) is 25.5 Å². The number of aromatic nitrogens is 3. The second-order valence-corrected chi connectivity index (χ2v) is 11.5. The fraction of sp³-hybridized carbons (Fsp3) is 0.333. The number of fused-ring (bicyclic) bond motifs is 1. The van der Waals surface area contributed by atoms with Crippen LogP contribution in [0.1, 0.15) is 18.7 Å². The van der Waals surface area contributed by atoms with Crippen molar-refractivity contribution in [3.63, 3.8) is 0 Å². The molecule has 2 aliphatic heterocycles. The lowest BCUT2D eigenvalue weighted by Crippen LogP contribution is -2.71. The molecule has 14 nitrogen and oxygen atoms in total. The molecule has 0 saturated carbocycles. The van der Waals surface area contributed by atoms with Gasteiger partial charge in [0.2, 0.25) is 5.60 Å². The smallest absolute Gasteiger partial charge is 0.352 e. The molecule has 2 amide bonds. The molecule has 2 aliphatic rings. The van der Waals surface area contributed by atoms with Crippen molar-refractivity contribution >= 4 is 69.5 Å². The van der Waals surface area contributed by atoms with Gasteiger partial charge in [0.05, 0.1) is 4.88 Å². The Bertz CT molecular complexity index is 1350. The number of hydrogen-bond acceptors (Lipinski definition) is 13. The van der Waals surface area contributed by atoms with Crippen LogP contribution in [0.3, 0.4) is 0 Å². The molecule has 4 heterocycles. The first-order valence-corrected chi connectivity index (χ1v) is 13.7. The molecule has 0 aliphatic carbocycles. The molecule has 4 rings (SSSR count). The van der Waals surface area contributed by atoms with Crippen molar-refractivity contribution in [2.45, 2.75) is 36.0 Å². The zero-order valence-electron chi connectivity index (χ0n) is 19.9. The number of carbonyl (C=O) groups is 4. The Morgan fingerprint density at radius 2 is 2.00 bits per heavy atom. The normalized spacial score (nSPS) is 19.5. The molecule has 38 heavy (non-hydrogen) atoms. The van der Waals surface area contributed by atoms with Crippen molar-refractivity contribution in [2.24, 2.45) is 5.16 Å². The summed E-state index contributed by atoms with van der Waals surface area (Å²) < 4.78 is 0. The number of nitrogens with zero attached hydrogens (tertiary/aromatic N) is 5. The fourth-order valence-electron chi connectivity index (χ4n) is 3.31. The monoisotopic (exact) mass is 579 g/mol. The van der Waals surface area contributed by atoms with Gasteiger partial charge in [-0.15, -0.1) is 11.8 Å². The zero-order chi connectivity index (χ0) is 27.6. The van der Waals surface area contributed by atoms with Crippen molar-refractivity contribution in [2.75, 3.05) is 17.2 Å². The summed E-state index contributed by atoms with van der Waals surface area (Å²) in [5, 5.41) is 25.4. The van der Waals surface area contributed by atoms with Crippen LogP contribution in [0, 0.1) is 0 Å². The van der Waals surface area contributed by atoms with Crippen LogP contribution in [0.15, 0.2) is 46.2 Å². The number of oxime groups is 1. The van der Waals surface area contributed by atoms with Gasteiger partial charge in [0, 0.05) is 30.1 Å². The molecule has 1 fully saturated rings. The minimum absolute atomic E-state index is 0.134. The first kappa shape index (κ1) is 27.3. The number of anilines is 1. The molecule has 0 bridgehead atoms. The minimum atomic E-state index is -1.75. The summed E-state index contributed by atoms with van der Waals surface area (Å²) in [6.45, 7) is 2.50. The van der Waals surface area contributed by atoms with E-state index in [4.69, 9.17) is 10.6 Å². The van der Waals surface area contributed by atoms with Crippen molar-refractivity contribution in [1.29, 1.82) is 0 Å². The van der Waals surface area contributed by atoms with E-state index >= 15 is 0 Å². The quantitative estimate of drug-likeness (QED) is 0.100. The van der Waals surface area contributed by atoms with Crippen molar-refractivity contribution in [1.82, 2.24) is 25.2 Å². The first-order chi connectivity index (χ1) is 18.0. The molecular formula is C21H21N7O7S3. The zero-order valence-corrected chi connectivity index (χ0v) is 22.3. The van der Waals surface area contributed by atoms with Crippen LogP contribution < -0.4 is 11.1 Å². The summed E-state index contributed by atoms with van der Waals surface area (Å²) in [7, 11) is 0. The fourth-order valence-corrected chi connectivity index (χ4v) is 6.26. The number of carboxylic acids is 2. The van der Waals surface area contributed by atoms with Crippen LogP contribution >= 0.6 is 34.9 Å². The van der Waals surface area contributed by atoms with E-state index in [-0.39, 0.29) is 27.2 Å². The number of thiazole rings is 1. The summed E-state index contributed by atoms with van der Waals surface area (Å²) in [6.07, 6.45) is 4.42. The maximum atomic E-state index is 13.1. The molecule has 2 unspecified atom stereocenters. The van der Waals surface area contributed by atoms with Gasteiger partial charge in [0.15, 0.2) is 16.0 Å². The van der Waals surface area contributed by atoms with E-state index in [1.807, 2.05) is 0 Å². The van der Waals surface area contributed by atoms with Gasteiger partial charge in [-0.3, -0.25) is 14.5 Å². The average Bonchev–Trinajstić information content (AvgIpc) is 3.31. The first-order valence-electron chi connectivity index (χ1n) is 10.8. The van der Waals surface area contributed by atoms with E-state index in [0.29, 0.717) is 16.5 Å². The largest absolute Gasteiger partial charge is 0.478 e. The highest BCUT2D eigenvalue weighted by molar-refractivity contribution is 8.01. The summed E-state index contributed by atoms with van der Waals surface area (Å²) in [6, 6.07) is 0.621. The van der Waals surface area contributed by atoms with Crippen molar-refractivity contribution in [3.05, 3.63) is 40.8 Å². The van der Waals surface area contributed by atoms with E-state index < -0.39 is 40.8 Å². The van der Waals surface area contributed by atoms with Crippen molar-refractivity contribution in [3.8, 4) is 0 Å². The van der Waals surface area contributed by atoms with Gasteiger partial charge >= 0.3 is 11.9 Å².